The van der Waals surface area contributed by atoms with Crippen molar-refractivity contribution in [3.05, 3.63) is 46.2 Å². The first-order valence-electron chi connectivity index (χ1n) is 9.80. The lowest BCUT2D eigenvalue weighted by atomic mass is 9.87. The Bertz CT molecular complexity index is 763. The Labute approximate surface area is 170 Å². The van der Waals surface area contributed by atoms with Gasteiger partial charge in [-0.2, -0.15) is 0 Å². The van der Waals surface area contributed by atoms with Gasteiger partial charge in [0.05, 0.1) is 5.69 Å². The Balaban J connectivity index is 1.37. The normalized spacial score (nSPS) is 15.0. The summed E-state index contributed by atoms with van der Waals surface area (Å²) in [4.78, 5) is 14.3. The number of nitrogens with zero attached hydrogens (tertiary/aromatic N) is 4. The van der Waals surface area contributed by atoms with Crippen LogP contribution in [0, 0.1) is 5.92 Å². The number of amides is 1. The third kappa shape index (κ3) is 5.18. The lowest BCUT2D eigenvalue weighted by Gasteiger charge is -2.39. The summed E-state index contributed by atoms with van der Waals surface area (Å²) >= 11 is 3.44. The molecule has 0 saturated carbocycles. The monoisotopic (exact) mass is 432 g/mol. The van der Waals surface area contributed by atoms with Gasteiger partial charge >= 0.3 is 0 Å². The molecule has 1 aliphatic rings. The Morgan fingerprint density at radius 2 is 1.96 bits per heavy atom. The van der Waals surface area contributed by atoms with Crippen molar-refractivity contribution in [2.24, 2.45) is 5.92 Å². The maximum atomic E-state index is 12.3. The second-order valence-electron chi connectivity index (χ2n) is 8.18. The summed E-state index contributed by atoms with van der Waals surface area (Å²) < 4.78 is 3.02. The van der Waals surface area contributed by atoms with E-state index in [-0.39, 0.29) is 11.3 Å². The van der Waals surface area contributed by atoms with Crippen molar-refractivity contribution in [3.63, 3.8) is 0 Å². The van der Waals surface area contributed by atoms with Gasteiger partial charge in [0.15, 0.2) is 0 Å². The summed E-state index contributed by atoms with van der Waals surface area (Å²) in [6.45, 7) is 9.20. The molecule has 0 spiro atoms. The number of aromatic nitrogens is 3. The summed E-state index contributed by atoms with van der Waals surface area (Å²) in [5.74, 6) is 0.843. The maximum absolute atomic E-state index is 12.3. The number of carbonyl (C=O) groups excluding carboxylic acids is 1. The lowest BCUT2D eigenvalue weighted by molar-refractivity contribution is -0.137. The Morgan fingerprint density at radius 3 is 2.63 bits per heavy atom. The highest BCUT2D eigenvalue weighted by atomic mass is 79.9. The molecule has 1 aromatic heterocycles. The van der Waals surface area contributed by atoms with E-state index in [1.54, 1.807) is 0 Å². The third-order valence-corrected chi connectivity index (χ3v) is 6.26. The van der Waals surface area contributed by atoms with E-state index in [0.29, 0.717) is 12.3 Å². The number of aryl methyl sites for hydroxylation is 2. The predicted octanol–water partition coefficient (Wildman–Crippen LogP) is 4.21. The molecule has 0 atom stereocenters. The first-order valence-corrected chi connectivity index (χ1v) is 10.6. The standard InChI is InChI=1S/C21H29BrN4O/c1-4-21(2,3)19-15-26(24-23-19)12-11-17-13-25(14-17)20(27)10-7-16-5-8-18(22)9-6-16/h5-6,8-9,15,17H,4,7,10-14H2,1-3H3. The molecule has 5 nitrogen and oxygen atoms in total. The van der Waals surface area contributed by atoms with Gasteiger partial charge in [-0.15, -0.1) is 5.10 Å². The van der Waals surface area contributed by atoms with E-state index in [4.69, 9.17) is 0 Å². The van der Waals surface area contributed by atoms with Crippen molar-refractivity contribution >= 4 is 21.8 Å². The summed E-state index contributed by atoms with van der Waals surface area (Å²) in [6.07, 6.45) is 5.57. The number of halogens is 1. The fourth-order valence-corrected chi connectivity index (χ4v) is 3.49. The highest BCUT2D eigenvalue weighted by molar-refractivity contribution is 9.10. The average Bonchev–Trinajstić information content (AvgIpc) is 3.10. The number of hydrogen-bond acceptors (Lipinski definition) is 3. The minimum Gasteiger partial charge on any atom is -0.342 e. The van der Waals surface area contributed by atoms with E-state index in [0.717, 1.165) is 49.1 Å². The second-order valence-corrected chi connectivity index (χ2v) is 9.10. The smallest absolute Gasteiger partial charge is 0.222 e. The molecule has 0 aliphatic carbocycles. The molecular weight excluding hydrogens is 404 g/mol. The van der Waals surface area contributed by atoms with Crippen LogP contribution in [0.3, 0.4) is 0 Å². The number of benzene rings is 1. The summed E-state index contributed by atoms with van der Waals surface area (Å²) in [5.41, 5.74) is 2.34. The van der Waals surface area contributed by atoms with Crippen molar-refractivity contribution in [2.45, 2.75) is 58.4 Å². The molecule has 27 heavy (non-hydrogen) atoms. The molecule has 6 heteroatoms. The van der Waals surface area contributed by atoms with Crippen molar-refractivity contribution in [2.75, 3.05) is 13.1 Å². The zero-order chi connectivity index (χ0) is 19.4. The zero-order valence-electron chi connectivity index (χ0n) is 16.5. The van der Waals surface area contributed by atoms with Crippen LogP contribution in [0.5, 0.6) is 0 Å². The summed E-state index contributed by atoms with van der Waals surface area (Å²) in [5, 5.41) is 8.59. The molecule has 1 aromatic carbocycles. The van der Waals surface area contributed by atoms with Crippen LogP contribution in [0.25, 0.3) is 0 Å². The van der Waals surface area contributed by atoms with Crippen LogP contribution in [-0.2, 0) is 23.2 Å². The third-order valence-electron chi connectivity index (χ3n) is 5.73. The molecule has 146 valence electrons. The van der Waals surface area contributed by atoms with E-state index < -0.39 is 0 Å². The molecule has 0 unspecified atom stereocenters. The van der Waals surface area contributed by atoms with Gasteiger partial charge in [-0.1, -0.05) is 54.0 Å². The molecule has 2 heterocycles. The molecule has 0 bridgehead atoms. The van der Waals surface area contributed by atoms with Gasteiger partial charge in [-0.05, 0) is 42.9 Å². The van der Waals surface area contributed by atoms with Crippen molar-refractivity contribution < 1.29 is 4.79 Å². The SMILES string of the molecule is CCC(C)(C)c1cn(CCC2CN(C(=O)CCc3ccc(Br)cc3)C2)nn1. The largest absolute Gasteiger partial charge is 0.342 e. The fraction of sp³-hybridized carbons (Fsp3) is 0.571. The average molecular weight is 433 g/mol. The van der Waals surface area contributed by atoms with Gasteiger partial charge in [-0.25, -0.2) is 0 Å². The van der Waals surface area contributed by atoms with E-state index in [1.807, 2.05) is 21.7 Å². The summed E-state index contributed by atoms with van der Waals surface area (Å²) in [6, 6.07) is 8.19. The number of likely N-dealkylation sites (tertiary alicyclic amines) is 1. The van der Waals surface area contributed by atoms with Gasteiger partial charge in [0.2, 0.25) is 5.91 Å². The van der Waals surface area contributed by atoms with Gasteiger partial charge < -0.3 is 4.90 Å². The van der Waals surface area contributed by atoms with Gasteiger partial charge in [0.1, 0.15) is 0 Å². The Hall–Kier alpha value is -1.69. The van der Waals surface area contributed by atoms with Gasteiger partial charge in [-0.3, -0.25) is 9.48 Å². The molecule has 1 aliphatic heterocycles. The highest BCUT2D eigenvalue weighted by Gasteiger charge is 2.30. The fourth-order valence-electron chi connectivity index (χ4n) is 3.23. The maximum Gasteiger partial charge on any atom is 0.222 e. The molecule has 1 saturated heterocycles. The lowest BCUT2D eigenvalue weighted by Crippen LogP contribution is -2.50. The molecule has 2 aromatic rings. The Morgan fingerprint density at radius 1 is 1.26 bits per heavy atom. The van der Waals surface area contributed by atoms with Crippen LogP contribution in [0.1, 0.15) is 51.3 Å². The van der Waals surface area contributed by atoms with Crippen LogP contribution in [0.4, 0.5) is 0 Å². The molecule has 0 radical (unpaired) electrons. The van der Waals surface area contributed by atoms with Crippen LogP contribution < -0.4 is 0 Å². The molecule has 1 fully saturated rings. The predicted molar refractivity (Wildman–Crippen MR) is 110 cm³/mol. The first kappa shape index (κ1) is 20.1. The first-order chi connectivity index (χ1) is 12.9. The molecular formula is C21H29BrN4O. The van der Waals surface area contributed by atoms with Gasteiger partial charge in [0.25, 0.3) is 0 Å². The van der Waals surface area contributed by atoms with E-state index in [9.17, 15) is 4.79 Å². The van der Waals surface area contributed by atoms with Crippen LogP contribution in [0.15, 0.2) is 34.9 Å². The highest BCUT2D eigenvalue weighted by Crippen LogP contribution is 2.25. The topological polar surface area (TPSA) is 51.0 Å². The van der Waals surface area contributed by atoms with Crippen LogP contribution >= 0.6 is 15.9 Å². The Kier molecular flexibility index (Phi) is 6.35. The van der Waals surface area contributed by atoms with Crippen molar-refractivity contribution in [3.8, 4) is 0 Å². The van der Waals surface area contributed by atoms with Crippen LogP contribution in [0.2, 0.25) is 0 Å². The van der Waals surface area contributed by atoms with E-state index in [2.05, 4.69) is 65.3 Å². The molecule has 0 N–H and O–H groups in total. The molecule has 3 rings (SSSR count). The molecule has 1 amide bonds. The quantitative estimate of drug-likeness (QED) is 0.627. The van der Waals surface area contributed by atoms with Crippen molar-refractivity contribution in [1.29, 1.82) is 0 Å². The van der Waals surface area contributed by atoms with Gasteiger partial charge in [0, 0.05) is 42.1 Å². The second kappa shape index (κ2) is 8.55. The van der Waals surface area contributed by atoms with E-state index >= 15 is 0 Å². The minimum atomic E-state index is 0.0762. The minimum absolute atomic E-state index is 0.0762. The number of hydrogen-bond donors (Lipinski definition) is 0. The van der Waals surface area contributed by atoms with Crippen LogP contribution in [-0.4, -0.2) is 38.9 Å². The number of rotatable bonds is 8. The summed E-state index contributed by atoms with van der Waals surface area (Å²) in [7, 11) is 0. The zero-order valence-corrected chi connectivity index (χ0v) is 18.1. The number of carbonyl (C=O) groups is 1. The van der Waals surface area contributed by atoms with Crippen molar-refractivity contribution in [1.82, 2.24) is 19.9 Å². The van der Waals surface area contributed by atoms with E-state index in [1.165, 1.54) is 5.56 Å².